The van der Waals surface area contributed by atoms with E-state index in [-0.39, 0.29) is 11.9 Å². The van der Waals surface area contributed by atoms with Crippen LogP contribution in [0.3, 0.4) is 0 Å². The summed E-state index contributed by atoms with van der Waals surface area (Å²) in [7, 11) is 1.64. The number of nitrogens with one attached hydrogen (secondary N) is 1. The van der Waals surface area contributed by atoms with Crippen molar-refractivity contribution in [3.63, 3.8) is 0 Å². The molecule has 0 saturated carbocycles. The number of anilines is 1. The number of amides is 1. The summed E-state index contributed by atoms with van der Waals surface area (Å²) in [4.78, 5) is 18.3. The number of hydrogen-bond acceptors (Lipinski definition) is 4. The number of ether oxygens (including phenoxy) is 1. The standard InChI is InChI=1S/C34H35N3O3/c1-3-23-21-37(22-33(38)36-31-12-8-7-11-27(31)24-9-5-4-6-10-24)18-16-25(23)19-32(37)34(39)28-15-17-35-30-14-13-26(40-2)20-29(28)30/h3-15,17,20,23,25,32,34,39H,1,16,18-19,21-22H2,2H3/p+1/t23-,25-,32-,34+,37-/m0/s1. The molecule has 2 N–H and O–H groups in total. The third-order valence-electron chi connectivity index (χ3n) is 9.09. The number of quaternary nitrogens is 1. The molecule has 6 nitrogen and oxygen atoms in total. The van der Waals surface area contributed by atoms with Crippen LogP contribution in [0.1, 0.15) is 24.5 Å². The van der Waals surface area contributed by atoms with E-state index in [2.05, 4.69) is 35.1 Å². The Hall–Kier alpha value is -4.00. The number of benzene rings is 3. The summed E-state index contributed by atoms with van der Waals surface area (Å²) in [5.41, 5.74) is 4.51. The van der Waals surface area contributed by atoms with Gasteiger partial charge in [0.05, 0.1) is 25.7 Å². The van der Waals surface area contributed by atoms with Crippen molar-refractivity contribution in [2.24, 2.45) is 11.8 Å². The predicted molar refractivity (Wildman–Crippen MR) is 159 cm³/mol. The minimum Gasteiger partial charge on any atom is -0.497 e. The number of para-hydroxylation sites is 1. The number of aliphatic hydroxyl groups is 1. The van der Waals surface area contributed by atoms with Gasteiger partial charge in [-0.15, -0.1) is 6.58 Å². The molecule has 4 aromatic rings. The molecule has 6 heteroatoms. The minimum absolute atomic E-state index is 0.0370. The highest BCUT2D eigenvalue weighted by atomic mass is 16.5. The van der Waals surface area contributed by atoms with Crippen molar-refractivity contribution in [3.05, 3.63) is 103 Å². The predicted octanol–water partition coefficient (Wildman–Crippen LogP) is 5.99. The molecule has 3 aliphatic rings. The molecule has 0 spiro atoms. The van der Waals surface area contributed by atoms with Crippen molar-refractivity contribution >= 4 is 22.5 Å². The SMILES string of the molecule is C=C[C@H]1C[N@+]2(CC(=O)Nc3ccccc3-c3ccccc3)CC[C@H]1C[C@H]2[C@H](O)c1ccnc2ccc(OC)cc12. The van der Waals surface area contributed by atoms with E-state index in [0.29, 0.717) is 22.9 Å². The number of hydrogen-bond donors (Lipinski definition) is 2. The number of nitrogens with zero attached hydrogens (tertiary/aromatic N) is 2. The van der Waals surface area contributed by atoms with Crippen LogP contribution in [0, 0.1) is 11.8 Å². The second-order valence-electron chi connectivity index (χ2n) is 11.2. The number of rotatable bonds is 8. The summed E-state index contributed by atoms with van der Waals surface area (Å²) in [5, 5.41) is 16.1. The lowest BCUT2D eigenvalue weighted by Gasteiger charge is -2.57. The molecule has 5 atom stereocenters. The normalized spacial score (nSPS) is 24.4. The molecule has 4 heterocycles. The molecular weight excluding hydrogens is 498 g/mol. The zero-order valence-electron chi connectivity index (χ0n) is 22.9. The maximum atomic E-state index is 13.8. The van der Waals surface area contributed by atoms with E-state index in [9.17, 15) is 9.90 Å². The number of piperidine rings is 3. The Labute approximate surface area is 235 Å². The Morgan fingerprint density at radius 3 is 2.75 bits per heavy atom. The summed E-state index contributed by atoms with van der Waals surface area (Å²) in [6.07, 6.45) is 4.94. The largest absolute Gasteiger partial charge is 0.497 e. The lowest BCUT2D eigenvalue weighted by atomic mass is 9.71. The van der Waals surface area contributed by atoms with E-state index in [1.807, 2.05) is 66.7 Å². The van der Waals surface area contributed by atoms with E-state index >= 15 is 0 Å². The van der Waals surface area contributed by atoms with Crippen LogP contribution in [0.25, 0.3) is 22.0 Å². The highest BCUT2D eigenvalue weighted by Gasteiger charge is 2.54. The Morgan fingerprint density at radius 1 is 1.15 bits per heavy atom. The van der Waals surface area contributed by atoms with Crippen LogP contribution >= 0.6 is 0 Å². The third kappa shape index (κ3) is 4.78. The summed E-state index contributed by atoms with van der Waals surface area (Å²) < 4.78 is 6.02. The molecular formula is C34H36N3O3+. The number of methoxy groups -OCH3 is 1. The van der Waals surface area contributed by atoms with E-state index in [1.54, 1.807) is 13.3 Å². The van der Waals surface area contributed by atoms with Crippen LogP contribution in [0.4, 0.5) is 5.69 Å². The summed E-state index contributed by atoms with van der Waals surface area (Å²) in [6, 6.07) is 25.6. The average Bonchev–Trinajstić information content (AvgIpc) is 3.00. The quantitative estimate of drug-likeness (QED) is 0.215. The molecule has 0 unspecified atom stereocenters. The van der Waals surface area contributed by atoms with Crippen molar-refractivity contribution in [3.8, 4) is 16.9 Å². The number of aliphatic hydroxyl groups excluding tert-OH is 1. The number of carbonyl (C=O) groups is 1. The summed E-state index contributed by atoms with van der Waals surface area (Å²) in [6.45, 7) is 6.08. The van der Waals surface area contributed by atoms with Crippen LogP contribution in [-0.2, 0) is 4.79 Å². The molecule has 1 amide bonds. The van der Waals surface area contributed by atoms with Gasteiger partial charge < -0.3 is 19.6 Å². The number of carbonyl (C=O) groups excluding carboxylic acids is 1. The van der Waals surface area contributed by atoms with Gasteiger partial charge in [-0.05, 0) is 47.4 Å². The minimum atomic E-state index is -0.740. The van der Waals surface area contributed by atoms with Gasteiger partial charge >= 0.3 is 0 Å². The molecule has 3 saturated heterocycles. The van der Waals surface area contributed by atoms with Gasteiger partial charge in [-0.25, -0.2) is 0 Å². The van der Waals surface area contributed by atoms with E-state index in [0.717, 1.165) is 65.0 Å². The smallest absolute Gasteiger partial charge is 0.279 e. The van der Waals surface area contributed by atoms with E-state index in [1.165, 1.54) is 0 Å². The maximum absolute atomic E-state index is 13.8. The third-order valence-corrected chi connectivity index (χ3v) is 9.09. The van der Waals surface area contributed by atoms with Gasteiger partial charge in [0.25, 0.3) is 5.91 Å². The Balaban J connectivity index is 1.32. The van der Waals surface area contributed by atoms with Gasteiger partial charge in [-0.1, -0.05) is 54.6 Å². The monoisotopic (exact) mass is 534 g/mol. The van der Waals surface area contributed by atoms with Crippen LogP contribution in [0.5, 0.6) is 5.75 Å². The topological polar surface area (TPSA) is 71.5 Å². The number of pyridine rings is 1. The molecule has 204 valence electrons. The number of fused-ring (bicyclic) bond motifs is 4. The van der Waals surface area contributed by atoms with Crippen molar-refractivity contribution in [2.45, 2.75) is 25.0 Å². The zero-order chi connectivity index (χ0) is 27.7. The van der Waals surface area contributed by atoms with Gasteiger partial charge in [-0.3, -0.25) is 9.78 Å². The first-order chi connectivity index (χ1) is 19.5. The van der Waals surface area contributed by atoms with Crippen molar-refractivity contribution in [2.75, 3.05) is 32.1 Å². The highest BCUT2D eigenvalue weighted by Crippen LogP contribution is 2.47. The highest BCUT2D eigenvalue weighted by molar-refractivity contribution is 5.96. The van der Waals surface area contributed by atoms with Crippen LogP contribution in [0.2, 0.25) is 0 Å². The fourth-order valence-electron chi connectivity index (χ4n) is 7.06. The number of aromatic nitrogens is 1. The Bertz CT molecular complexity index is 1540. The molecule has 0 radical (unpaired) electrons. The molecule has 7 rings (SSSR count). The molecule has 3 fully saturated rings. The average molecular weight is 535 g/mol. The summed E-state index contributed by atoms with van der Waals surface area (Å²) in [5.74, 6) is 1.48. The zero-order valence-corrected chi connectivity index (χ0v) is 22.9. The van der Waals surface area contributed by atoms with Gasteiger partial charge in [0.15, 0.2) is 6.54 Å². The first-order valence-electron chi connectivity index (χ1n) is 14.0. The van der Waals surface area contributed by atoms with Crippen molar-refractivity contribution in [1.29, 1.82) is 0 Å². The second kappa shape index (κ2) is 10.9. The van der Waals surface area contributed by atoms with Gasteiger partial charge in [-0.2, -0.15) is 0 Å². The Morgan fingerprint density at radius 2 is 1.95 bits per heavy atom. The van der Waals surface area contributed by atoms with Gasteiger partial charge in [0, 0.05) is 41.6 Å². The van der Waals surface area contributed by atoms with Gasteiger partial charge in [0.1, 0.15) is 17.9 Å². The van der Waals surface area contributed by atoms with Crippen molar-refractivity contribution in [1.82, 2.24) is 4.98 Å². The summed E-state index contributed by atoms with van der Waals surface area (Å²) >= 11 is 0. The fraction of sp³-hybridized carbons (Fsp3) is 0.294. The molecule has 3 aliphatic heterocycles. The molecule has 0 aliphatic carbocycles. The van der Waals surface area contributed by atoms with Crippen LogP contribution in [0.15, 0.2) is 97.7 Å². The lowest BCUT2D eigenvalue weighted by Crippen LogP contribution is -2.69. The van der Waals surface area contributed by atoms with E-state index < -0.39 is 6.10 Å². The lowest BCUT2D eigenvalue weighted by molar-refractivity contribution is -0.966. The van der Waals surface area contributed by atoms with Gasteiger partial charge in [0.2, 0.25) is 0 Å². The molecule has 40 heavy (non-hydrogen) atoms. The van der Waals surface area contributed by atoms with Crippen molar-refractivity contribution < 1.29 is 19.1 Å². The molecule has 3 aromatic carbocycles. The van der Waals surface area contributed by atoms with Crippen LogP contribution < -0.4 is 10.1 Å². The molecule has 2 bridgehead atoms. The second-order valence-corrected chi connectivity index (χ2v) is 11.2. The maximum Gasteiger partial charge on any atom is 0.279 e. The fourth-order valence-corrected chi connectivity index (χ4v) is 7.06. The first kappa shape index (κ1) is 26.2. The molecule has 1 aromatic heterocycles. The first-order valence-corrected chi connectivity index (χ1v) is 14.0. The van der Waals surface area contributed by atoms with Crippen LogP contribution in [-0.4, -0.2) is 53.3 Å². The Kier molecular flexibility index (Phi) is 7.13. The van der Waals surface area contributed by atoms with E-state index in [4.69, 9.17) is 4.74 Å².